The fourth-order valence-electron chi connectivity index (χ4n) is 5.04. The van der Waals surface area contributed by atoms with Gasteiger partial charge in [0.15, 0.2) is 17.2 Å². The van der Waals surface area contributed by atoms with Crippen LogP contribution in [0.5, 0.6) is 0 Å². The van der Waals surface area contributed by atoms with Crippen LogP contribution in [0.2, 0.25) is 5.02 Å². The van der Waals surface area contributed by atoms with Crippen LogP contribution in [-0.4, -0.2) is 92.4 Å². The molecular weight excluding hydrogens is 548 g/mol. The summed E-state index contributed by atoms with van der Waals surface area (Å²) in [5.74, 6) is 0.638. The number of benzene rings is 1. The molecule has 2 fully saturated rings. The van der Waals surface area contributed by atoms with Gasteiger partial charge in [-0.25, -0.2) is 9.78 Å². The zero-order chi connectivity index (χ0) is 29.3. The van der Waals surface area contributed by atoms with Crippen molar-refractivity contribution in [3.63, 3.8) is 0 Å². The number of likely N-dealkylation sites (N-methyl/N-ethyl adjacent to an activating group) is 2. The summed E-state index contributed by atoms with van der Waals surface area (Å²) < 4.78 is 1.41. The van der Waals surface area contributed by atoms with Crippen LogP contribution < -0.4 is 15.5 Å². The molecular formula is C26H27ClN12O2. The molecule has 1 aliphatic heterocycles. The van der Waals surface area contributed by atoms with E-state index in [9.17, 15) is 25.7 Å². The molecule has 3 N–H and O–H groups in total. The first-order valence-electron chi connectivity index (χ1n) is 12.9. The molecule has 0 bridgehead atoms. The molecule has 3 aromatic rings. The maximum atomic E-state index is 11.7. The van der Waals surface area contributed by atoms with Gasteiger partial charge in [-0.3, -0.25) is 4.90 Å². The first-order chi connectivity index (χ1) is 19.7. The Morgan fingerprint density at radius 3 is 2.63 bits per heavy atom. The van der Waals surface area contributed by atoms with Crippen molar-refractivity contribution in [3.05, 3.63) is 34.6 Å². The van der Waals surface area contributed by atoms with Gasteiger partial charge in [0.05, 0.1) is 52.9 Å². The Kier molecular flexibility index (Phi) is 7.66. The maximum Gasteiger partial charge on any atom is 0.407 e. The lowest BCUT2D eigenvalue weighted by Crippen LogP contribution is -2.60. The molecule has 41 heavy (non-hydrogen) atoms. The maximum absolute atomic E-state index is 11.7. The number of halogens is 1. The molecule has 1 aromatic carbocycles. The van der Waals surface area contributed by atoms with Crippen molar-refractivity contribution in [2.24, 2.45) is 0 Å². The van der Waals surface area contributed by atoms with E-state index in [1.807, 2.05) is 9.80 Å². The van der Waals surface area contributed by atoms with Crippen molar-refractivity contribution in [1.82, 2.24) is 29.4 Å². The van der Waals surface area contributed by atoms with E-state index < -0.39 is 6.09 Å². The number of piperidine rings is 1. The number of hydrogen-bond donors (Lipinski definition) is 3. The molecule has 2 aromatic heterocycles. The lowest BCUT2D eigenvalue weighted by molar-refractivity contribution is 0.0891. The van der Waals surface area contributed by atoms with Crippen LogP contribution >= 0.6 is 11.6 Å². The normalized spacial score (nSPS) is 18.4. The SMILES string of the molecule is CN(CC#N)[C@@H]1CN(c2cc(C#N)cc(Nc3nc(NC4CC4)c4ncc(C#N)n4n3)c2Cl)CC[C@@H]1N(C)C(=O)O. The summed E-state index contributed by atoms with van der Waals surface area (Å²) in [6.07, 6.45) is 2.89. The standard InChI is InChI=1S/C26H27ClN12O2/c1-36(8-6-28)21-14-38(7-5-19(21)37(2)26(40)41)20-10-15(11-29)9-18(22(20)27)33-25-34-23(32-16-3-4-16)24-31-13-17(12-30)39(24)35-25/h9-10,13,16,19,21H,3-5,7-8,14H2,1-2H3,(H,40,41)(H2,32,33,34,35)/t19-,21+/m0/s1. The van der Waals surface area contributed by atoms with Crippen LogP contribution in [0.25, 0.3) is 5.65 Å². The third-order valence-corrected chi connectivity index (χ3v) is 7.79. The minimum absolute atomic E-state index is 0.122. The Hall–Kier alpha value is -4.84. The monoisotopic (exact) mass is 574 g/mol. The number of amides is 1. The zero-order valence-corrected chi connectivity index (χ0v) is 23.2. The molecule has 15 heteroatoms. The average molecular weight is 575 g/mol. The Morgan fingerprint density at radius 2 is 1.98 bits per heavy atom. The molecule has 1 amide bonds. The largest absolute Gasteiger partial charge is 0.465 e. The van der Waals surface area contributed by atoms with Crippen molar-refractivity contribution in [2.75, 3.05) is 49.3 Å². The van der Waals surface area contributed by atoms with Crippen LogP contribution in [0, 0.1) is 34.0 Å². The summed E-state index contributed by atoms with van der Waals surface area (Å²) in [7, 11) is 3.31. The van der Waals surface area contributed by atoms with Gasteiger partial charge in [-0.05, 0) is 38.4 Å². The van der Waals surface area contributed by atoms with E-state index in [1.54, 1.807) is 19.2 Å². The number of carboxylic acid groups (broad SMARTS) is 1. The van der Waals surface area contributed by atoms with Crippen LogP contribution in [0.4, 0.5) is 27.9 Å². The predicted molar refractivity (Wildman–Crippen MR) is 150 cm³/mol. The second-order valence-electron chi connectivity index (χ2n) is 10.1. The first kappa shape index (κ1) is 27.7. The van der Waals surface area contributed by atoms with Gasteiger partial charge in [-0.15, -0.1) is 5.10 Å². The van der Waals surface area contributed by atoms with Gasteiger partial charge in [0.1, 0.15) is 6.07 Å². The fourth-order valence-corrected chi connectivity index (χ4v) is 5.31. The van der Waals surface area contributed by atoms with E-state index in [1.165, 1.54) is 22.7 Å². The summed E-state index contributed by atoms with van der Waals surface area (Å²) in [5, 5.41) is 49.5. The third kappa shape index (κ3) is 5.59. The minimum atomic E-state index is -1.04. The van der Waals surface area contributed by atoms with E-state index in [0.717, 1.165) is 12.8 Å². The zero-order valence-electron chi connectivity index (χ0n) is 22.4. The summed E-state index contributed by atoms with van der Waals surface area (Å²) >= 11 is 6.92. The fraction of sp³-hybridized carbons (Fsp3) is 0.423. The quantitative estimate of drug-likeness (QED) is 0.334. The molecule has 5 rings (SSSR count). The molecule has 2 aliphatic rings. The van der Waals surface area contributed by atoms with Gasteiger partial charge in [-0.1, -0.05) is 11.6 Å². The number of imidazole rings is 1. The predicted octanol–water partition coefficient (Wildman–Crippen LogP) is 2.85. The highest BCUT2D eigenvalue weighted by Crippen LogP contribution is 2.38. The molecule has 1 aliphatic carbocycles. The average Bonchev–Trinajstić information content (AvgIpc) is 3.69. The van der Waals surface area contributed by atoms with Crippen LogP contribution in [0.15, 0.2) is 18.3 Å². The van der Waals surface area contributed by atoms with Crippen LogP contribution in [0.3, 0.4) is 0 Å². The number of anilines is 4. The Bertz CT molecular complexity index is 1620. The van der Waals surface area contributed by atoms with Crippen molar-refractivity contribution < 1.29 is 9.90 Å². The Morgan fingerprint density at radius 1 is 1.20 bits per heavy atom. The second kappa shape index (κ2) is 11.3. The van der Waals surface area contributed by atoms with Gasteiger partial charge in [0.2, 0.25) is 5.95 Å². The topological polar surface area (TPSA) is 186 Å². The van der Waals surface area contributed by atoms with E-state index >= 15 is 0 Å². The summed E-state index contributed by atoms with van der Waals surface area (Å²) in [6.45, 7) is 0.982. The highest BCUT2D eigenvalue weighted by atomic mass is 35.5. The first-order valence-corrected chi connectivity index (χ1v) is 13.3. The number of fused-ring (bicyclic) bond motifs is 1. The second-order valence-corrected chi connectivity index (χ2v) is 10.5. The molecule has 0 spiro atoms. The molecule has 2 atom stereocenters. The molecule has 1 saturated heterocycles. The summed E-state index contributed by atoms with van der Waals surface area (Å²) in [5.41, 5.74) is 1.98. The van der Waals surface area contributed by atoms with Crippen molar-refractivity contribution >= 4 is 46.5 Å². The number of nitriles is 3. The molecule has 1 saturated carbocycles. The number of aromatic nitrogens is 4. The van der Waals surface area contributed by atoms with Crippen molar-refractivity contribution in [1.29, 1.82) is 15.8 Å². The smallest absolute Gasteiger partial charge is 0.407 e. The van der Waals surface area contributed by atoms with E-state index in [-0.39, 0.29) is 36.3 Å². The lowest BCUT2D eigenvalue weighted by atomic mass is 9.96. The third-order valence-electron chi connectivity index (χ3n) is 7.40. The van der Waals surface area contributed by atoms with Crippen LogP contribution in [-0.2, 0) is 0 Å². The Balaban J connectivity index is 1.49. The number of rotatable bonds is 8. The number of nitrogens with one attached hydrogen (secondary N) is 2. The minimum Gasteiger partial charge on any atom is -0.465 e. The van der Waals surface area contributed by atoms with Gasteiger partial charge >= 0.3 is 6.09 Å². The van der Waals surface area contributed by atoms with E-state index in [0.29, 0.717) is 52.9 Å². The molecule has 210 valence electrons. The van der Waals surface area contributed by atoms with E-state index in [4.69, 9.17) is 11.6 Å². The number of nitrogens with zero attached hydrogens (tertiary/aromatic N) is 10. The molecule has 14 nitrogen and oxygen atoms in total. The van der Waals surface area contributed by atoms with Gasteiger partial charge < -0.3 is 25.5 Å². The Labute approximate surface area is 241 Å². The molecule has 0 radical (unpaired) electrons. The van der Waals surface area contributed by atoms with Crippen LogP contribution in [0.1, 0.15) is 30.5 Å². The van der Waals surface area contributed by atoms with Gasteiger partial charge in [-0.2, -0.15) is 25.3 Å². The van der Waals surface area contributed by atoms with Gasteiger partial charge in [0, 0.05) is 32.2 Å². The lowest BCUT2D eigenvalue weighted by Gasteiger charge is -2.45. The summed E-state index contributed by atoms with van der Waals surface area (Å²) in [4.78, 5) is 25.7. The molecule has 0 unspecified atom stereocenters. The van der Waals surface area contributed by atoms with Gasteiger partial charge in [0.25, 0.3) is 0 Å². The molecule has 3 heterocycles. The highest BCUT2D eigenvalue weighted by Gasteiger charge is 2.37. The highest BCUT2D eigenvalue weighted by molar-refractivity contribution is 6.36. The number of carbonyl (C=O) groups is 1. The summed E-state index contributed by atoms with van der Waals surface area (Å²) in [6, 6.07) is 9.30. The number of hydrogen-bond acceptors (Lipinski definition) is 11. The van der Waals surface area contributed by atoms with Crippen molar-refractivity contribution in [2.45, 2.75) is 37.4 Å². The van der Waals surface area contributed by atoms with E-state index in [2.05, 4.69) is 43.9 Å². The van der Waals surface area contributed by atoms with Crippen molar-refractivity contribution in [3.8, 4) is 18.2 Å².